The Kier molecular flexibility index (Phi) is 17.4. The molecule has 2 aliphatic carbocycles. The van der Waals surface area contributed by atoms with Gasteiger partial charge in [0, 0.05) is 99.3 Å². The minimum atomic E-state index is 0.750. The van der Waals surface area contributed by atoms with Crippen molar-refractivity contribution < 1.29 is 0 Å². The van der Waals surface area contributed by atoms with E-state index >= 15 is 0 Å². The van der Waals surface area contributed by atoms with Crippen molar-refractivity contribution in [1.82, 2.24) is 0 Å². The second-order valence-corrected chi connectivity index (χ2v) is 19.4. The van der Waals surface area contributed by atoms with E-state index in [0.29, 0.717) is 0 Å². The fraction of sp³-hybridized carbons (Fsp3) is 0.257. The molecular formula is C70H76N6. The highest BCUT2D eigenvalue weighted by Crippen LogP contribution is 2.40. The summed E-state index contributed by atoms with van der Waals surface area (Å²) in [6, 6.07) is 63.4. The van der Waals surface area contributed by atoms with Crippen LogP contribution in [-0.2, 0) is 13.1 Å². The first kappa shape index (κ1) is 52.9. The first-order chi connectivity index (χ1) is 37.3. The summed E-state index contributed by atoms with van der Waals surface area (Å²) in [6.07, 6.45) is 8.92. The molecule has 0 heterocycles. The Balaban J connectivity index is 0.944. The number of fused-ring (bicyclic) bond motifs is 2. The zero-order valence-electron chi connectivity index (χ0n) is 46.2. The zero-order chi connectivity index (χ0) is 53.0. The molecule has 0 bridgehead atoms. The monoisotopic (exact) mass is 1000 g/mol. The Morgan fingerprint density at radius 2 is 0.579 bits per heavy atom. The van der Waals surface area contributed by atoms with Crippen molar-refractivity contribution >= 4 is 56.5 Å². The van der Waals surface area contributed by atoms with E-state index in [1.54, 1.807) is 0 Å². The van der Waals surface area contributed by atoms with Gasteiger partial charge in [-0.2, -0.15) is 0 Å². The van der Waals surface area contributed by atoms with Gasteiger partial charge >= 0.3 is 0 Å². The standard InChI is InChI=1S/C70H76N6/c1-9-71-67-47-45-65(61-21-17-19-23-63(61)67)69(53-29-37-57(38-30-53)73(11-3)12-4)55-33-41-59(42-34-55)75(15-7)49-51-25-27-52(28-26-51)50-76(16-8)60-43-35-56(36-44-60)70(54-31-39-58(40-32-54)74(13-5)14-6)66-46-48-68(72-10-2)64-24-20-18-22-62(64)66/h17-48H,9-16,49-50H2,1-8H3. The number of hydrogen-bond donors (Lipinski definition) is 0. The van der Waals surface area contributed by atoms with Crippen LogP contribution in [0.2, 0.25) is 0 Å². The average molecular weight is 1000 g/mol. The van der Waals surface area contributed by atoms with Gasteiger partial charge in [0.1, 0.15) is 0 Å². The summed E-state index contributed by atoms with van der Waals surface area (Å²) in [5.74, 6) is 0. The van der Waals surface area contributed by atoms with E-state index < -0.39 is 0 Å². The number of aliphatic imine (C=N–C) groups is 2. The molecule has 0 aliphatic heterocycles. The molecule has 386 valence electrons. The number of benzene rings is 7. The Hall–Kier alpha value is -7.96. The van der Waals surface area contributed by atoms with Gasteiger partial charge in [0.05, 0.1) is 11.4 Å². The van der Waals surface area contributed by atoms with Gasteiger partial charge in [-0.3, -0.25) is 9.98 Å². The van der Waals surface area contributed by atoms with Gasteiger partial charge < -0.3 is 19.6 Å². The van der Waals surface area contributed by atoms with E-state index in [4.69, 9.17) is 9.98 Å². The number of hydrogen-bond acceptors (Lipinski definition) is 6. The molecule has 0 saturated heterocycles. The van der Waals surface area contributed by atoms with Crippen LogP contribution in [0.5, 0.6) is 0 Å². The molecular weight excluding hydrogens is 925 g/mol. The van der Waals surface area contributed by atoms with Crippen LogP contribution in [0, 0.1) is 0 Å². The molecule has 0 saturated carbocycles. The minimum absolute atomic E-state index is 0.750. The molecule has 6 nitrogen and oxygen atoms in total. The Bertz CT molecular complexity index is 3030. The summed E-state index contributed by atoms with van der Waals surface area (Å²) >= 11 is 0. The molecule has 9 rings (SSSR count). The number of anilines is 4. The molecule has 0 N–H and O–H groups in total. The van der Waals surface area contributed by atoms with Crippen LogP contribution < -0.4 is 19.6 Å². The van der Waals surface area contributed by atoms with Crippen LogP contribution in [0.15, 0.2) is 204 Å². The topological polar surface area (TPSA) is 37.7 Å². The van der Waals surface area contributed by atoms with E-state index in [1.165, 1.54) is 101 Å². The molecule has 7 aromatic rings. The Morgan fingerprint density at radius 1 is 0.303 bits per heavy atom. The van der Waals surface area contributed by atoms with Gasteiger partial charge in [0.25, 0.3) is 0 Å². The third kappa shape index (κ3) is 11.5. The van der Waals surface area contributed by atoms with Crippen molar-refractivity contribution in [1.29, 1.82) is 0 Å². The SMILES string of the molecule is CCN=C1C=CC(=C(c2ccc(N(CC)CC)cc2)c2ccc(N(CC)Cc3ccc(CN(CC)c4ccc(C(=C5C=CC(=NCC)c6ccccc65)c5ccc(N(CC)CC)cc5)cc4)cc3)cc2)c2ccccc21. The predicted molar refractivity (Wildman–Crippen MR) is 330 cm³/mol. The lowest BCUT2D eigenvalue weighted by atomic mass is 9.83. The maximum atomic E-state index is 4.86. The minimum Gasteiger partial charge on any atom is -0.372 e. The quantitative estimate of drug-likeness (QED) is 0.0763. The zero-order valence-corrected chi connectivity index (χ0v) is 46.2. The van der Waals surface area contributed by atoms with Crippen LogP contribution in [-0.4, -0.2) is 63.8 Å². The normalized spacial score (nSPS) is 15.1. The highest BCUT2D eigenvalue weighted by molar-refractivity contribution is 6.20. The first-order valence-corrected chi connectivity index (χ1v) is 28.0. The fourth-order valence-electron chi connectivity index (χ4n) is 11.1. The smallest absolute Gasteiger partial charge is 0.0652 e. The average Bonchev–Trinajstić information content (AvgIpc) is 3.47. The predicted octanol–water partition coefficient (Wildman–Crippen LogP) is 16.1. The van der Waals surface area contributed by atoms with Gasteiger partial charge in [-0.05, 0) is 183 Å². The van der Waals surface area contributed by atoms with Crippen LogP contribution in [0.3, 0.4) is 0 Å². The number of allylic oxidation sites excluding steroid dienone is 6. The van der Waals surface area contributed by atoms with Crippen LogP contribution >= 0.6 is 0 Å². The molecule has 76 heavy (non-hydrogen) atoms. The maximum Gasteiger partial charge on any atom is 0.0652 e. The van der Waals surface area contributed by atoms with Crippen LogP contribution in [0.25, 0.3) is 22.3 Å². The molecule has 0 amide bonds. The summed E-state index contributed by atoms with van der Waals surface area (Å²) in [7, 11) is 0. The third-order valence-electron chi connectivity index (χ3n) is 15.1. The summed E-state index contributed by atoms with van der Waals surface area (Å²) < 4.78 is 0. The summed E-state index contributed by atoms with van der Waals surface area (Å²) in [4.78, 5) is 19.5. The van der Waals surface area contributed by atoms with E-state index in [1.807, 2.05) is 0 Å². The molecule has 0 fully saturated rings. The lowest BCUT2D eigenvalue weighted by Gasteiger charge is -2.26. The number of rotatable bonds is 20. The first-order valence-electron chi connectivity index (χ1n) is 28.0. The van der Waals surface area contributed by atoms with E-state index in [-0.39, 0.29) is 0 Å². The molecule has 0 unspecified atom stereocenters. The summed E-state index contributed by atoms with van der Waals surface area (Å²) in [5, 5.41) is 0. The highest BCUT2D eigenvalue weighted by atomic mass is 15.1. The molecule has 0 spiro atoms. The number of nitrogens with zero attached hydrogens (tertiary/aromatic N) is 6. The fourth-order valence-corrected chi connectivity index (χ4v) is 11.1. The highest BCUT2D eigenvalue weighted by Gasteiger charge is 2.23. The molecule has 6 heteroatoms. The van der Waals surface area contributed by atoms with Gasteiger partial charge in [-0.15, -0.1) is 0 Å². The third-order valence-corrected chi connectivity index (χ3v) is 15.1. The van der Waals surface area contributed by atoms with Crippen LogP contribution in [0.4, 0.5) is 22.7 Å². The van der Waals surface area contributed by atoms with Crippen molar-refractivity contribution in [3.05, 3.63) is 250 Å². The lowest BCUT2D eigenvalue weighted by Crippen LogP contribution is -2.23. The van der Waals surface area contributed by atoms with Crippen molar-refractivity contribution in [3.63, 3.8) is 0 Å². The largest absolute Gasteiger partial charge is 0.372 e. The molecule has 2 aliphatic rings. The van der Waals surface area contributed by atoms with E-state index in [0.717, 1.165) is 76.9 Å². The Morgan fingerprint density at radius 3 is 0.855 bits per heavy atom. The second kappa shape index (κ2) is 25.0. The van der Waals surface area contributed by atoms with Gasteiger partial charge in [-0.1, -0.05) is 133 Å². The summed E-state index contributed by atoms with van der Waals surface area (Å²) in [6.45, 7) is 26.5. The lowest BCUT2D eigenvalue weighted by molar-refractivity contribution is 0.821. The van der Waals surface area contributed by atoms with E-state index in [9.17, 15) is 0 Å². The molecule has 7 aromatic carbocycles. The van der Waals surface area contributed by atoms with Crippen LogP contribution in [0.1, 0.15) is 111 Å². The Labute approximate surface area is 454 Å². The van der Waals surface area contributed by atoms with Gasteiger partial charge in [-0.25, -0.2) is 0 Å². The van der Waals surface area contributed by atoms with Gasteiger partial charge in [0.15, 0.2) is 0 Å². The molecule has 0 atom stereocenters. The second-order valence-electron chi connectivity index (χ2n) is 19.4. The molecule has 0 radical (unpaired) electrons. The molecule has 0 aromatic heterocycles. The van der Waals surface area contributed by atoms with Crippen molar-refractivity contribution in [2.75, 3.05) is 72.0 Å². The van der Waals surface area contributed by atoms with E-state index in [2.05, 4.69) is 269 Å². The summed E-state index contributed by atoms with van der Waals surface area (Å²) in [5.41, 5.74) is 24.1. The van der Waals surface area contributed by atoms with Crippen molar-refractivity contribution in [2.45, 2.75) is 68.5 Å². The van der Waals surface area contributed by atoms with Crippen molar-refractivity contribution in [3.8, 4) is 0 Å². The maximum absolute atomic E-state index is 4.86. The van der Waals surface area contributed by atoms with Crippen molar-refractivity contribution in [2.24, 2.45) is 9.98 Å². The van der Waals surface area contributed by atoms with Gasteiger partial charge in [0.2, 0.25) is 0 Å².